The second-order valence-electron chi connectivity index (χ2n) is 5.52. The maximum Gasteiger partial charge on any atom is 0.234 e. The molecule has 2 N–H and O–H groups in total. The van der Waals surface area contributed by atoms with Crippen molar-refractivity contribution in [2.24, 2.45) is 0 Å². The van der Waals surface area contributed by atoms with Gasteiger partial charge in [0, 0.05) is 16.6 Å². The van der Waals surface area contributed by atoms with Crippen LogP contribution < -0.4 is 10.6 Å². The highest BCUT2D eigenvalue weighted by Gasteiger charge is 2.30. The zero-order valence-electron chi connectivity index (χ0n) is 11.4. The van der Waals surface area contributed by atoms with Crippen LogP contribution in [0.2, 0.25) is 0 Å². The molecule has 1 amide bonds. The van der Waals surface area contributed by atoms with Crippen molar-refractivity contribution in [1.82, 2.24) is 10.6 Å². The molecule has 0 unspecified atom stereocenters. The number of hydrogen-bond acceptors (Lipinski definition) is 2. The van der Waals surface area contributed by atoms with Crippen LogP contribution in [0.25, 0.3) is 0 Å². The van der Waals surface area contributed by atoms with Gasteiger partial charge in [0.1, 0.15) is 0 Å². The van der Waals surface area contributed by atoms with E-state index >= 15 is 0 Å². The fourth-order valence-electron chi connectivity index (χ4n) is 2.40. The van der Waals surface area contributed by atoms with E-state index in [-0.39, 0.29) is 11.9 Å². The Bertz CT molecular complexity index is 424. The highest BCUT2D eigenvalue weighted by Crippen LogP contribution is 2.37. The van der Waals surface area contributed by atoms with Crippen LogP contribution in [0, 0.1) is 0 Å². The quantitative estimate of drug-likeness (QED) is 0.874. The topological polar surface area (TPSA) is 41.1 Å². The minimum Gasteiger partial charge on any atom is -0.353 e. The monoisotopic (exact) mass is 324 g/mol. The van der Waals surface area contributed by atoms with E-state index in [0.29, 0.717) is 18.5 Å². The predicted molar refractivity (Wildman–Crippen MR) is 81.2 cm³/mol. The third kappa shape index (κ3) is 4.32. The average molecular weight is 325 g/mol. The number of hydrogen-bond donors (Lipinski definition) is 2. The fourth-order valence-corrected chi connectivity index (χ4v) is 2.67. The maximum atomic E-state index is 11.5. The van der Waals surface area contributed by atoms with Crippen LogP contribution in [0.4, 0.5) is 0 Å². The number of carbonyl (C=O) groups is 1. The van der Waals surface area contributed by atoms with Crippen LogP contribution in [-0.4, -0.2) is 24.5 Å². The number of carbonyl (C=O) groups excluding carboxylic acids is 1. The van der Waals surface area contributed by atoms with Crippen LogP contribution in [0.1, 0.15) is 38.2 Å². The van der Waals surface area contributed by atoms with Crippen molar-refractivity contribution in [3.63, 3.8) is 0 Å². The van der Waals surface area contributed by atoms with Gasteiger partial charge in [-0.05, 0) is 50.3 Å². The first-order chi connectivity index (χ1) is 9.04. The molecular formula is C15H21BrN2O. The molecule has 1 aromatic carbocycles. The van der Waals surface area contributed by atoms with E-state index in [1.165, 1.54) is 5.56 Å². The minimum absolute atomic E-state index is 0.0853. The van der Waals surface area contributed by atoms with Crippen molar-refractivity contribution in [1.29, 1.82) is 0 Å². The van der Waals surface area contributed by atoms with Crippen molar-refractivity contribution in [3.8, 4) is 0 Å². The summed E-state index contributed by atoms with van der Waals surface area (Å²) in [6.07, 6.45) is 2.24. The van der Waals surface area contributed by atoms with Crippen LogP contribution in [0.5, 0.6) is 0 Å². The Hall–Kier alpha value is -0.870. The number of nitrogens with one attached hydrogen (secondary N) is 2. The maximum absolute atomic E-state index is 11.5. The molecule has 1 aliphatic rings. The molecule has 0 heterocycles. The molecule has 0 aromatic heterocycles. The molecule has 0 aliphatic heterocycles. The normalized spacial score (nSPS) is 22.1. The molecule has 0 bridgehead atoms. The van der Waals surface area contributed by atoms with Gasteiger partial charge in [-0.2, -0.15) is 0 Å². The van der Waals surface area contributed by atoms with Gasteiger partial charge in [-0.3, -0.25) is 4.79 Å². The molecular weight excluding hydrogens is 304 g/mol. The Kier molecular flexibility index (Phi) is 4.99. The van der Waals surface area contributed by atoms with Crippen LogP contribution in [0.15, 0.2) is 28.7 Å². The lowest BCUT2D eigenvalue weighted by molar-refractivity contribution is -0.121. The summed E-state index contributed by atoms with van der Waals surface area (Å²) in [6.45, 7) is 4.38. The van der Waals surface area contributed by atoms with Crippen molar-refractivity contribution in [3.05, 3.63) is 34.3 Å². The largest absolute Gasteiger partial charge is 0.353 e. The molecule has 0 spiro atoms. The second kappa shape index (κ2) is 6.53. The van der Waals surface area contributed by atoms with Gasteiger partial charge in [0.15, 0.2) is 0 Å². The van der Waals surface area contributed by atoms with Crippen LogP contribution in [-0.2, 0) is 4.79 Å². The van der Waals surface area contributed by atoms with Gasteiger partial charge in [-0.25, -0.2) is 0 Å². The minimum atomic E-state index is 0.0853. The summed E-state index contributed by atoms with van der Waals surface area (Å²) in [5.74, 6) is 0.723. The summed E-state index contributed by atoms with van der Waals surface area (Å²) in [5.41, 5.74) is 1.40. The summed E-state index contributed by atoms with van der Waals surface area (Å²) in [6, 6.07) is 9.23. The number of rotatable bonds is 5. The molecule has 104 valence electrons. The third-order valence-electron chi connectivity index (χ3n) is 3.48. The van der Waals surface area contributed by atoms with Gasteiger partial charge in [0.05, 0.1) is 6.54 Å². The van der Waals surface area contributed by atoms with Gasteiger partial charge < -0.3 is 10.6 Å². The van der Waals surface area contributed by atoms with E-state index in [4.69, 9.17) is 0 Å². The zero-order valence-corrected chi connectivity index (χ0v) is 13.0. The lowest BCUT2D eigenvalue weighted by Gasteiger charge is -2.36. The Labute approximate surface area is 123 Å². The standard InChI is InChI=1S/C15H21BrN2O/c1-10(2)18-15(19)9-17-14-7-12(8-14)11-3-5-13(16)6-4-11/h3-6,10,12,14,17H,7-9H2,1-2H3,(H,18,19). The molecule has 0 radical (unpaired) electrons. The molecule has 19 heavy (non-hydrogen) atoms. The fraction of sp³-hybridized carbons (Fsp3) is 0.533. The zero-order chi connectivity index (χ0) is 13.8. The molecule has 0 saturated heterocycles. The Morgan fingerprint density at radius 1 is 1.32 bits per heavy atom. The summed E-state index contributed by atoms with van der Waals surface area (Å²) >= 11 is 3.45. The smallest absolute Gasteiger partial charge is 0.234 e. The SMILES string of the molecule is CC(C)NC(=O)CNC1CC(c2ccc(Br)cc2)C1. The van der Waals surface area contributed by atoms with Gasteiger partial charge in [0.25, 0.3) is 0 Å². The van der Waals surface area contributed by atoms with Gasteiger partial charge in [-0.15, -0.1) is 0 Å². The number of amides is 1. The Morgan fingerprint density at radius 3 is 2.53 bits per heavy atom. The lowest BCUT2D eigenvalue weighted by Crippen LogP contribution is -2.46. The highest BCUT2D eigenvalue weighted by atomic mass is 79.9. The molecule has 3 nitrogen and oxygen atoms in total. The number of benzene rings is 1. The average Bonchev–Trinajstić information content (AvgIpc) is 2.28. The molecule has 1 aliphatic carbocycles. The first kappa shape index (κ1) is 14.5. The van der Waals surface area contributed by atoms with Crippen LogP contribution >= 0.6 is 15.9 Å². The molecule has 2 rings (SSSR count). The predicted octanol–water partition coefficient (Wildman–Crippen LogP) is 2.81. The van der Waals surface area contributed by atoms with Gasteiger partial charge in [-0.1, -0.05) is 28.1 Å². The van der Waals surface area contributed by atoms with E-state index in [1.54, 1.807) is 0 Å². The summed E-state index contributed by atoms with van der Waals surface area (Å²) in [4.78, 5) is 11.5. The van der Waals surface area contributed by atoms with Gasteiger partial charge >= 0.3 is 0 Å². The van der Waals surface area contributed by atoms with Crippen molar-refractivity contribution < 1.29 is 4.79 Å². The van der Waals surface area contributed by atoms with E-state index in [0.717, 1.165) is 17.3 Å². The molecule has 1 aromatic rings. The van der Waals surface area contributed by atoms with Crippen molar-refractivity contribution in [2.45, 2.75) is 44.7 Å². The molecule has 0 atom stereocenters. The summed E-state index contributed by atoms with van der Waals surface area (Å²) < 4.78 is 1.12. The molecule has 1 fully saturated rings. The van der Waals surface area contributed by atoms with Crippen molar-refractivity contribution >= 4 is 21.8 Å². The molecule has 1 saturated carbocycles. The third-order valence-corrected chi connectivity index (χ3v) is 4.01. The van der Waals surface area contributed by atoms with Crippen molar-refractivity contribution in [2.75, 3.05) is 6.54 Å². The van der Waals surface area contributed by atoms with E-state index in [1.807, 2.05) is 13.8 Å². The Morgan fingerprint density at radius 2 is 1.95 bits per heavy atom. The first-order valence-electron chi connectivity index (χ1n) is 6.83. The van der Waals surface area contributed by atoms with E-state index in [2.05, 4.69) is 50.8 Å². The molecule has 4 heteroatoms. The summed E-state index contributed by atoms with van der Waals surface area (Å²) in [5, 5.41) is 6.20. The first-order valence-corrected chi connectivity index (χ1v) is 7.62. The van der Waals surface area contributed by atoms with Crippen LogP contribution in [0.3, 0.4) is 0 Å². The second-order valence-corrected chi connectivity index (χ2v) is 6.44. The summed E-state index contributed by atoms with van der Waals surface area (Å²) in [7, 11) is 0. The van der Waals surface area contributed by atoms with Gasteiger partial charge in [0.2, 0.25) is 5.91 Å². The van der Waals surface area contributed by atoms with E-state index in [9.17, 15) is 4.79 Å². The Balaban J connectivity index is 1.69. The number of halogens is 1. The lowest BCUT2D eigenvalue weighted by atomic mass is 9.76. The van der Waals surface area contributed by atoms with E-state index < -0.39 is 0 Å². The highest BCUT2D eigenvalue weighted by molar-refractivity contribution is 9.10.